The lowest BCUT2D eigenvalue weighted by Crippen LogP contribution is -3.00. The van der Waals surface area contributed by atoms with Crippen molar-refractivity contribution < 1.29 is 41.6 Å². The molecule has 0 fully saturated rings. The summed E-state index contributed by atoms with van der Waals surface area (Å²) in [6, 6.07) is 0. The van der Waals surface area contributed by atoms with Gasteiger partial charge in [0.2, 0.25) is 0 Å². The van der Waals surface area contributed by atoms with Crippen molar-refractivity contribution in [1.29, 1.82) is 0 Å². The summed E-state index contributed by atoms with van der Waals surface area (Å²) >= 11 is 0. The number of hydrogen-bond donors (Lipinski definition) is 1. The van der Waals surface area contributed by atoms with E-state index in [0.29, 0.717) is 29.8 Å². The van der Waals surface area contributed by atoms with Crippen LogP contribution in [0.25, 0.3) is 0 Å². The van der Waals surface area contributed by atoms with Crippen LogP contribution >= 0.6 is 0 Å². The van der Waals surface area contributed by atoms with Crippen LogP contribution in [-0.2, 0) is 9.53 Å². The molecule has 0 radical (unpaired) electrons. The number of carbonyl (C=O) groups excluding carboxylic acids is 1. The summed E-state index contributed by atoms with van der Waals surface area (Å²) in [5.41, 5.74) is 0.414. The van der Waals surface area contributed by atoms with E-state index in [4.69, 9.17) is 9.84 Å². The van der Waals surface area contributed by atoms with Crippen LogP contribution in [0, 0.1) is 0 Å². The Morgan fingerprint density at radius 3 is 2.25 bits per heavy atom. The smallest absolute Gasteiger partial charge is 0.333 e. The summed E-state index contributed by atoms with van der Waals surface area (Å²) in [4.78, 5) is 11.0. The zero-order valence-electron chi connectivity index (χ0n) is 10.1. The van der Waals surface area contributed by atoms with E-state index < -0.39 is 0 Å². The van der Waals surface area contributed by atoms with E-state index in [1.54, 1.807) is 6.92 Å². The van der Waals surface area contributed by atoms with Gasteiger partial charge in [0, 0.05) is 5.57 Å². The second-order valence-corrected chi connectivity index (χ2v) is 4.02. The number of aliphatic hydroxyl groups excluding tert-OH is 1. The van der Waals surface area contributed by atoms with Crippen LogP contribution < -0.4 is 17.0 Å². The second-order valence-electron chi connectivity index (χ2n) is 4.02. The number of ether oxygens (including phenoxy) is 1. The van der Waals surface area contributed by atoms with Crippen molar-refractivity contribution in [2.75, 3.05) is 40.4 Å². The Kier molecular flexibility index (Phi) is 12.8. The molecule has 0 aromatic heterocycles. The molecule has 0 aliphatic rings. The summed E-state index contributed by atoms with van der Waals surface area (Å²) in [5.74, 6) is -0.353. The highest BCUT2D eigenvalue weighted by Crippen LogP contribution is 1.97. The van der Waals surface area contributed by atoms with Crippen LogP contribution in [0.3, 0.4) is 0 Å². The van der Waals surface area contributed by atoms with Gasteiger partial charge in [-0.3, -0.25) is 0 Å². The van der Waals surface area contributed by atoms with Gasteiger partial charge in [-0.1, -0.05) is 6.58 Å². The summed E-state index contributed by atoms with van der Waals surface area (Å²) < 4.78 is 5.59. The molecule has 0 saturated heterocycles. The lowest BCUT2D eigenvalue weighted by molar-refractivity contribution is -0.890. The van der Waals surface area contributed by atoms with Gasteiger partial charge in [0.1, 0.15) is 19.7 Å². The minimum Gasteiger partial charge on any atom is -1.00 e. The third-order valence-electron chi connectivity index (χ3n) is 1.98. The van der Waals surface area contributed by atoms with E-state index in [0.717, 1.165) is 0 Å². The van der Waals surface area contributed by atoms with Crippen LogP contribution in [0.15, 0.2) is 12.2 Å². The minimum atomic E-state index is -0.353. The minimum absolute atomic E-state index is 0. The summed E-state index contributed by atoms with van der Waals surface area (Å²) in [6.45, 7) is 6.96. The molecule has 0 amide bonds. The number of carbonyl (C=O) groups is 1. The molecule has 6 heteroatoms. The van der Waals surface area contributed by atoms with Crippen molar-refractivity contribution in [3.63, 3.8) is 0 Å². The lowest BCUT2D eigenvalue weighted by atomic mass is 10.4. The van der Waals surface area contributed by atoms with Crippen LogP contribution in [-0.4, -0.2) is 61.4 Å². The molecule has 0 saturated carbocycles. The maximum Gasteiger partial charge on any atom is 0.333 e. The van der Waals surface area contributed by atoms with Crippen LogP contribution in [0.2, 0.25) is 0 Å². The molecule has 0 spiro atoms. The van der Waals surface area contributed by atoms with Crippen molar-refractivity contribution in [3.05, 3.63) is 12.2 Å². The Morgan fingerprint density at radius 1 is 1.38 bits per heavy atom. The Morgan fingerprint density at radius 2 is 1.88 bits per heavy atom. The van der Waals surface area contributed by atoms with Gasteiger partial charge < -0.3 is 36.8 Å². The molecule has 3 N–H and O–H groups in total. The number of aliphatic hydroxyl groups is 1. The molecule has 0 heterocycles. The Balaban J connectivity index is -0.000000845. The topological polar surface area (TPSA) is 78.0 Å². The van der Waals surface area contributed by atoms with Crippen LogP contribution in [0.1, 0.15) is 6.92 Å². The van der Waals surface area contributed by atoms with E-state index in [1.807, 2.05) is 14.1 Å². The average Bonchev–Trinajstić information content (AvgIpc) is 2.03. The molecule has 0 aromatic carbocycles. The molecule has 0 atom stereocenters. The Labute approximate surface area is 107 Å². The lowest BCUT2D eigenvalue weighted by Gasteiger charge is -2.28. The van der Waals surface area contributed by atoms with Crippen molar-refractivity contribution in [1.82, 2.24) is 0 Å². The van der Waals surface area contributed by atoms with Gasteiger partial charge in [-0.25, -0.2) is 4.79 Å². The van der Waals surface area contributed by atoms with Crippen molar-refractivity contribution in [2.45, 2.75) is 6.92 Å². The molecule has 5 nitrogen and oxygen atoms in total. The largest absolute Gasteiger partial charge is 1.00 e. The van der Waals surface area contributed by atoms with Gasteiger partial charge in [0.05, 0.1) is 20.7 Å². The predicted octanol–water partition coefficient (Wildman–Crippen LogP) is -3.65. The molecular weight excluding hydrogens is 278 g/mol. The standard InChI is InChI=1S/C10H20NO3.BrH.H2O/c1-9(2)10(13)14-8-6-11(3,4)5-7-12;;/h12H,1,5-8H2,2-4H3;1H;1H2/q+1;;/p-1. The van der Waals surface area contributed by atoms with E-state index in [9.17, 15) is 4.79 Å². The highest BCUT2D eigenvalue weighted by molar-refractivity contribution is 5.86. The Bertz CT molecular complexity index is 219. The maximum atomic E-state index is 11.0. The van der Waals surface area contributed by atoms with Gasteiger partial charge in [0.15, 0.2) is 0 Å². The van der Waals surface area contributed by atoms with Crippen molar-refractivity contribution >= 4 is 5.97 Å². The third-order valence-corrected chi connectivity index (χ3v) is 1.98. The molecule has 98 valence electrons. The number of nitrogens with zero attached hydrogens (tertiary/aromatic N) is 1. The molecule has 0 aliphatic carbocycles. The zero-order chi connectivity index (χ0) is 11.2. The number of rotatable bonds is 6. The van der Waals surface area contributed by atoms with Gasteiger partial charge in [0.25, 0.3) is 0 Å². The first kappa shape index (κ1) is 20.9. The van der Waals surface area contributed by atoms with Crippen LogP contribution in [0.4, 0.5) is 0 Å². The van der Waals surface area contributed by atoms with Gasteiger partial charge in [-0.15, -0.1) is 0 Å². The number of quaternary nitrogens is 1. The number of halogens is 1. The van der Waals surface area contributed by atoms with E-state index in [1.165, 1.54) is 0 Å². The highest BCUT2D eigenvalue weighted by atomic mass is 79.9. The molecular formula is C10H22BrNO4. The first-order valence-corrected chi connectivity index (χ1v) is 4.64. The fourth-order valence-corrected chi connectivity index (χ4v) is 0.891. The number of esters is 1. The fraction of sp³-hybridized carbons (Fsp3) is 0.700. The highest BCUT2D eigenvalue weighted by Gasteiger charge is 2.14. The van der Waals surface area contributed by atoms with Gasteiger partial charge in [-0.05, 0) is 6.92 Å². The first-order valence-electron chi connectivity index (χ1n) is 4.64. The fourth-order valence-electron chi connectivity index (χ4n) is 0.891. The van der Waals surface area contributed by atoms with Gasteiger partial charge >= 0.3 is 5.97 Å². The molecule has 0 bridgehead atoms. The number of likely N-dealkylation sites (N-methyl/N-ethyl adjacent to an activating group) is 1. The molecule has 0 unspecified atom stereocenters. The maximum absolute atomic E-state index is 11.0. The van der Waals surface area contributed by atoms with E-state index in [2.05, 4.69) is 6.58 Å². The summed E-state index contributed by atoms with van der Waals surface area (Å²) in [7, 11) is 3.95. The SMILES string of the molecule is C=C(C)C(=O)OCC[N+](C)(C)CCO.O.[Br-]. The van der Waals surface area contributed by atoms with E-state index >= 15 is 0 Å². The van der Waals surface area contributed by atoms with Crippen molar-refractivity contribution in [3.8, 4) is 0 Å². The quantitative estimate of drug-likeness (QED) is 0.312. The summed E-state index contributed by atoms with van der Waals surface area (Å²) in [6.07, 6.45) is 0. The Hall–Kier alpha value is -0.430. The monoisotopic (exact) mass is 299 g/mol. The molecule has 16 heavy (non-hydrogen) atoms. The molecule has 0 rings (SSSR count). The third kappa shape index (κ3) is 10.1. The predicted molar refractivity (Wildman–Crippen MR) is 58.3 cm³/mol. The second kappa shape index (κ2) is 9.77. The zero-order valence-corrected chi connectivity index (χ0v) is 11.7. The normalized spacial score (nSPS) is 9.75. The van der Waals surface area contributed by atoms with Crippen LogP contribution in [0.5, 0.6) is 0 Å². The van der Waals surface area contributed by atoms with Gasteiger partial charge in [-0.2, -0.15) is 0 Å². The summed E-state index contributed by atoms with van der Waals surface area (Å²) in [5, 5.41) is 8.76. The molecule has 0 aromatic rings. The van der Waals surface area contributed by atoms with E-state index in [-0.39, 0.29) is 35.0 Å². The van der Waals surface area contributed by atoms with Crippen molar-refractivity contribution in [2.24, 2.45) is 0 Å². The first-order chi connectivity index (χ1) is 6.39. The average molecular weight is 300 g/mol. The number of hydrogen-bond acceptors (Lipinski definition) is 3. The molecule has 0 aliphatic heterocycles.